The van der Waals surface area contributed by atoms with E-state index in [9.17, 15) is 22.8 Å². The molecule has 2 aliphatic rings. The minimum absolute atomic E-state index is 0.0631. The first kappa shape index (κ1) is 26.2. The Labute approximate surface area is 199 Å². The standard InChI is InChI=1S/C25H35F3N2O4/c1-5-33-22(31)18-8-6-17(7-9-18)20-16-19(25(26,27)28)10-11-21(20)29-12-14-30(15-13-29)23(32)34-24(2,3)4/h10-11,16-18H,5-9,12-15H2,1-4H3. The van der Waals surface area contributed by atoms with Crippen LogP contribution in [0.5, 0.6) is 0 Å². The van der Waals surface area contributed by atoms with Crippen LogP contribution in [-0.2, 0) is 20.4 Å². The van der Waals surface area contributed by atoms with Crippen molar-refractivity contribution in [3.05, 3.63) is 29.3 Å². The van der Waals surface area contributed by atoms with Gasteiger partial charge in [-0.3, -0.25) is 4.79 Å². The summed E-state index contributed by atoms with van der Waals surface area (Å²) in [4.78, 5) is 28.2. The smallest absolute Gasteiger partial charge is 0.416 e. The molecule has 6 nitrogen and oxygen atoms in total. The minimum atomic E-state index is -4.43. The highest BCUT2D eigenvalue weighted by atomic mass is 19.4. The van der Waals surface area contributed by atoms with E-state index in [0.717, 1.165) is 11.8 Å². The number of carbonyl (C=O) groups excluding carboxylic acids is 2. The lowest BCUT2D eigenvalue weighted by Crippen LogP contribution is -2.50. The second kappa shape index (κ2) is 10.4. The highest BCUT2D eigenvalue weighted by Gasteiger charge is 2.35. The second-order valence-electron chi connectivity index (χ2n) is 10.0. The number of hydrogen-bond acceptors (Lipinski definition) is 5. The number of carbonyl (C=O) groups is 2. The van der Waals surface area contributed by atoms with Crippen LogP contribution in [0.4, 0.5) is 23.7 Å². The molecule has 190 valence electrons. The molecule has 1 aliphatic heterocycles. The molecule has 9 heteroatoms. The Morgan fingerprint density at radius 2 is 1.62 bits per heavy atom. The van der Waals surface area contributed by atoms with Gasteiger partial charge in [0, 0.05) is 31.9 Å². The van der Waals surface area contributed by atoms with Crippen LogP contribution in [0.3, 0.4) is 0 Å². The van der Waals surface area contributed by atoms with Gasteiger partial charge in [0.15, 0.2) is 0 Å². The number of rotatable bonds is 4. The maximum Gasteiger partial charge on any atom is 0.416 e. The number of alkyl halides is 3. The van der Waals surface area contributed by atoms with E-state index in [-0.39, 0.29) is 23.9 Å². The number of ether oxygens (including phenoxy) is 2. The average molecular weight is 485 g/mol. The van der Waals surface area contributed by atoms with Crippen LogP contribution in [0.25, 0.3) is 0 Å². The molecule has 34 heavy (non-hydrogen) atoms. The van der Waals surface area contributed by atoms with Crippen molar-refractivity contribution >= 4 is 17.7 Å². The predicted molar refractivity (Wildman–Crippen MR) is 123 cm³/mol. The molecule has 1 aromatic rings. The van der Waals surface area contributed by atoms with Crippen LogP contribution in [0.15, 0.2) is 18.2 Å². The number of halogens is 3. The van der Waals surface area contributed by atoms with Crippen molar-refractivity contribution in [3.63, 3.8) is 0 Å². The molecule has 0 bridgehead atoms. The zero-order valence-electron chi connectivity index (χ0n) is 20.4. The summed E-state index contributed by atoms with van der Waals surface area (Å²) in [6.07, 6.45) is -2.33. The molecule has 0 radical (unpaired) electrons. The third-order valence-electron chi connectivity index (χ3n) is 6.41. The van der Waals surface area contributed by atoms with Crippen LogP contribution >= 0.6 is 0 Å². The van der Waals surface area contributed by atoms with Gasteiger partial charge >= 0.3 is 18.2 Å². The number of anilines is 1. The summed E-state index contributed by atoms with van der Waals surface area (Å²) in [7, 11) is 0. The molecule has 0 unspecified atom stereocenters. The number of piperazine rings is 1. The lowest BCUT2D eigenvalue weighted by atomic mass is 9.77. The summed E-state index contributed by atoms with van der Waals surface area (Å²) in [5.74, 6) is -0.474. The molecular formula is C25H35F3N2O4. The SMILES string of the molecule is CCOC(=O)C1CCC(c2cc(C(F)(F)F)ccc2N2CCN(C(=O)OC(C)(C)C)CC2)CC1. The van der Waals surface area contributed by atoms with Gasteiger partial charge in [0.05, 0.1) is 18.1 Å². The van der Waals surface area contributed by atoms with E-state index >= 15 is 0 Å². The Bertz CT molecular complexity index is 866. The van der Waals surface area contributed by atoms with Crippen molar-refractivity contribution in [1.82, 2.24) is 4.90 Å². The van der Waals surface area contributed by atoms with Crippen molar-refractivity contribution in [3.8, 4) is 0 Å². The maximum atomic E-state index is 13.5. The second-order valence-corrected chi connectivity index (χ2v) is 10.0. The van der Waals surface area contributed by atoms with Gasteiger partial charge in [-0.05, 0) is 83.1 Å². The number of nitrogens with zero attached hydrogens (tertiary/aromatic N) is 2. The van der Waals surface area contributed by atoms with Gasteiger partial charge in [0.2, 0.25) is 0 Å². The normalized spacial score (nSPS) is 21.9. The average Bonchev–Trinajstić information content (AvgIpc) is 2.77. The Balaban J connectivity index is 1.76. The van der Waals surface area contributed by atoms with Gasteiger partial charge in [-0.25, -0.2) is 4.79 Å². The van der Waals surface area contributed by atoms with Crippen molar-refractivity contribution in [2.24, 2.45) is 5.92 Å². The number of esters is 1. The molecule has 1 aliphatic carbocycles. The van der Waals surface area contributed by atoms with Crippen molar-refractivity contribution < 1.29 is 32.2 Å². The Hall–Kier alpha value is -2.45. The first-order chi connectivity index (χ1) is 15.9. The summed E-state index contributed by atoms with van der Waals surface area (Å²) in [6, 6.07) is 3.95. The lowest BCUT2D eigenvalue weighted by Gasteiger charge is -2.39. The summed E-state index contributed by atoms with van der Waals surface area (Å²) in [5, 5.41) is 0. The van der Waals surface area contributed by atoms with Gasteiger partial charge in [0.1, 0.15) is 5.60 Å². The monoisotopic (exact) mass is 484 g/mol. The van der Waals surface area contributed by atoms with E-state index in [1.165, 1.54) is 6.07 Å². The van der Waals surface area contributed by atoms with Crippen LogP contribution in [0.2, 0.25) is 0 Å². The summed E-state index contributed by atoms with van der Waals surface area (Å²) in [5.41, 5.74) is 0.197. The fourth-order valence-corrected chi connectivity index (χ4v) is 4.70. The zero-order valence-corrected chi connectivity index (χ0v) is 20.4. The molecule has 0 aromatic heterocycles. The predicted octanol–water partition coefficient (Wildman–Crippen LogP) is 5.60. The molecule has 0 spiro atoms. The molecule has 1 aromatic carbocycles. The van der Waals surface area contributed by atoms with E-state index in [0.29, 0.717) is 64.0 Å². The van der Waals surface area contributed by atoms with Crippen molar-refractivity contribution in [2.45, 2.75) is 71.1 Å². The zero-order chi connectivity index (χ0) is 25.1. The fraction of sp³-hybridized carbons (Fsp3) is 0.680. The maximum absolute atomic E-state index is 13.5. The van der Waals surface area contributed by atoms with Crippen molar-refractivity contribution in [1.29, 1.82) is 0 Å². The minimum Gasteiger partial charge on any atom is -0.466 e. The molecule has 0 N–H and O–H groups in total. The third-order valence-corrected chi connectivity index (χ3v) is 6.41. The molecule has 1 saturated heterocycles. The molecule has 1 amide bonds. The molecule has 0 atom stereocenters. The van der Waals surface area contributed by atoms with Gasteiger partial charge in [-0.15, -0.1) is 0 Å². The van der Waals surface area contributed by atoms with E-state index in [1.54, 1.807) is 17.9 Å². The fourth-order valence-electron chi connectivity index (χ4n) is 4.70. The lowest BCUT2D eigenvalue weighted by molar-refractivity contribution is -0.149. The molecule has 2 fully saturated rings. The Kier molecular flexibility index (Phi) is 8.03. The highest BCUT2D eigenvalue weighted by molar-refractivity contribution is 5.72. The molecule has 3 rings (SSSR count). The van der Waals surface area contributed by atoms with E-state index in [1.807, 2.05) is 25.7 Å². The Morgan fingerprint density at radius 1 is 1.00 bits per heavy atom. The first-order valence-corrected chi connectivity index (χ1v) is 12.0. The number of benzene rings is 1. The largest absolute Gasteiger partial charge is 0.466 e. The van der Waals surface area contributed by atoms with Gasteiger partial charge in [-0.2, -0.15) is 13.2 Å². The van der Waals surface area contributed by atoms with Crippen LogP contribution in [0, 0.1) is 5.92 Å². The molecule has 1 heterocycles. The summed E-state index contributed by atoms with van der Waals surface area (Å²) < 4.78 is 51.1. The van der Waals surface area contributed by atoms with Crippen LogP contribution in [0.1, 0.15) is 70.4 Å². The van der Waals surface area contributed by atoms with E-state index < -0.39 is 17.3 Å². The summed E-state index contributed by atoms with van der Waals surface area (Å²) in [6.45, 7) is 9.42. The van der Waals surface area contributed by atoms with Gasteiger partial charge in [-0.1, -0.05) is 0 Å². The third kappa shape index (κ3) is 6.57. The van der Waals surface area contributed by atoms with E-state index in [2.05, 4.69) is 0 Å². The highest BCUT2D eigenvalue weighted by Crippen LogP contribution is 2.43. The number of amides is 1. The topological polar surface area (TPSA) is 59.1 Å². The van der Waals surface area contributed by atoms with Gasteiger partial charge in [0.25, 0.3) is 0 Å². The van der Waals surface area contributed by atoms with E-state index in [4.69, 9.17) is 9.47 Å². The van der Waals surface area contributed by atoms with Crippen LogP contribution in [-0.4, -0.2) is 55.3 Å². The Morgan fingerprint density at radius 3 is 2.15 bits per heavy atom. The first-order valence-electron chi connectivity index (χ1n) is 12.0. The number of hydrogen-bond donors (Lipinski definition) is 0. The van der Waals surface area contributed by atoms with Crippen molar-refractivity contribution in [2.75, 3.05) is 37.7 Å². The molecule has 1 saturated carbocycles. The summed E-state index contributed by atoms with van der Waals surface area (Å²) >= 11 is 0. The molecular weight excluding hydrogens is 449 g/mol. The van der Waals surface area contributed by atoms with Gasteiger partial charge < -0.3 is 19.3 Å². The van der Waals surface area contributed by atoms with Crippen LogP contribution < -0.4 is 4.90 Å². The quantitative estimate of drug-likeness (QED) is 0.521.